The number of rotatable bonds is 27. The number of carboxylic acid groups (broad SMARTS) is 3. The number of amides is 2. The number of likely N-dealkylation sites (tertiary alicyclic amines) is 1. The number of nitrogens with two attached hydrogens (primary N) is 1. The molecule has 0 spiro atoms. The molecule has 7 unspecified atom stereocenters. The van der Waals surface area contributed by atoms with Gasteiger partial charge in [0, 0.05) is 98.7 Å². The van der Waals surface area contributed by atoms with E-state index in [9.17, 15) is 54.6 Å². The van der Waals surface area contributed by atoms with Gasteiger partial charge in [-0.05, 0) is 147 Å². The highest BCUT2D eigenvalue weighted by Gasteiger charge is 2.66. The van der Waals surface area contributed by atoms with Gasteiger partial charge in [0.25, 0.3) is 5.91 Å². The number of benzene rings is 3. The van der Waals surface area contributed by atoms with Crippen LogP contribution < -0.4 is 30.7 Å². The fourth-order valence-corrected chi connectivity index (χ4v) is 17.9. The van der Waals surface area contributed by atoms with Crippen LogP contribution in [0.5, 0.6) is 11.5 Å². The van der Waals surface area contributed by atoms with Gasteiger partial charge in [0.1, 0.15) is 30.5 Å². The molecule has 6 fully saturated rings. The predicted octanol–water partition coefficient (Wildman–Crippen LogP) is 7.36. The zero-order chi connectivity index (χ0) is 67.7. The number of fused-ring (bicyclic) bond motifs is 2. The van der Waals surface area contributed by atoms with E-state index in [-0.39, 0.29) is 84.2 Å². The number of ether oxygens (including phenoxy) is 6. The normalized spacial score (nSPS) is 26.5. The van der Waals surface area contributed by atoms with Gasteiger partial charge in [0.2, 0.25) is 0 Å². The highest BCUT2D eigenvalue weighted by Crippen LogP contribution is 2.72. The van der Waals surface area contributed by atoms with Crippen molar-refractivity contribution < 1.29 is 83.0 Å². The Morgan fingerprint density at radius 3 is 2.39 bits per heavy atom. The lowest BCUT2D eigenvalue weighted by Crippen LogP contribution is -2.64. The Hall–Kier alpha value is -7.86. The molecule has 7 atom stereocenters. The van der Waals surface area contributed by atoms with Gasteiger partial charge in [-0.25, -0.2) is 24.4 Å². The minimum absolute atomic E-state index is 0.0177. The van der Waals surface area contributed by atoms with Crippen molar-refractivity contribution in [2.75, 3.05) is 69.4 Å². The fourth-order valence-electron chi connectivity index (χ4n) is 17.0. The first-order valence-corrected chi connectivity index (χ1v) is 33.8. The van der Waals surface area contributed by atoms with Gasteiger partial charge in [-0.15, -0.1) is 0 Å². The van der Waals surface area contributed by atoms with Gasteiger partial charge in [0.05, 0.1) is 47.9 Å². The Balaban J connectivity index is 0.661. The van der Waals surface area contributed by atoms with E-state index in [2.05, 4.69) is 29.5 Å². The van der Waals surface area contributed by atoms with E-state index in [0.717, 1.165) is 65.6 Å². The van der Waals surface area contributed by atoms with Crippen molar-refractivity contribution in [1.29, 1.82) is 0 Å². The van der Waals surface area contributed by atoms with Crippen LogP contribution in [0.4, 0.5) is 15.7 Å². The summed E-state index contributed by atoms with van der Waals surface area (Å²) in [5.74, 6) is -6.13. The second-order valence-corrected chi connectivity index (χ2v) is 28.8. The average molecular weight is 1340 g/mol. The Bertz CT molecular complexity index is 3820. The number of thiazole rings is 1. The molecule has 3 aromatic carbocycles. The molecule has 3 aromatic heterocycles. The smallest absolute Gasteiger partial charge is 0.410 e. The molecule has 6 aromatic rings. The maximum atomic E-state index is 13.8. The number of hydrogen-bond donors (Lipinski definition) is 9. The molecule has 3 aliphatic heterocycles. The number of nitrogens with zero attached hydrogens (tertiary/aromatic N) is 6. The van der Waals surface area contributed by atoms with E-state index in [1.807, 2.05) is 71.1 Å². The average Bonchev–Trinajstić information content (AvgIpc) is 0.765. The minimum Gasteiger partial charge on any atom is -0.491 e. The third-order valence-corrected chi connectivity index (χ3v) is 21.1. The molecule has 26 nitrogen and oxygen atoms in total. The predicted molar refractivity (Wildman–Crippen MR) is 351 cm³/mol. The van der Waals surface area contributed by atoms with Crippen molar-refractivity contribution in [1.82, 2.24) is 30.0 Å². The monoisotopic (exact) mass is 1340 g/mol. The number of aromatic carboxylic acids is 1. The number of carboxylic acids is 3. The molecule has 0 radical (unpaired) electrons. The SMILES string of the molecule is Cc1c(-c2ccc(N3CCc4cccc(C(=O)Nc5nc6ccccc6s5)c4C3)nc2C(=O)O)cnn1CC12CC3(C)CC(C)(C1)CC(OCCNC(CCC(=O)O)C1CCN(C(=O)OCc4ccc(OC5(O)OC(C(=O)O)CC(O)C5O)cc4OCCOCCN)CC1)(C3)C2. The standard InChI is InChI=1S/C69H85N9O17S/c1-41-48(46-13-15-56(74-58(46)62(86)87)77-24-17-42-7-6-8-47(49(42)32-77)60(83)75-63-73-51-9-4-5-10-55(51)96-63)31-72-78(41)40-67-35-65(2)34-66(3,36-67)38-68(37-65,39-67)93-26-21-71-50(14-16-57(80)81)43-18-22-76(23-19-43)64(88)92-33-44-11-12-45(29-53(44)91-28-27-90-25-20-70)94-69(89)59(82)52(79)30-54(95-69)61(84)85/h4-13,15,29,31,43,50,52,54,59,71,79,82,89H,14,16-28,30,32-40,70H2,1-3H3,(H,80,81)(H,84,85)(H,86,87)(H,73,75,83). The summed E-state index contributed by atoms with van der Waals surface area (Å²) in [5, 5.41) is 74.2. The van der Waals surface area contributed by atoms with E-state index < -0.39 is 60.3 Å². The number of piperidine rings is 1. The van der Waals surface area contributed by atoms with E-state index in [1.54, 1.807) is 11.1 Å². The number of aliphatic hydroxyl groups excluding tert-OH is 2. The number of para-hydroxylation sites is 1. The highest BCUT2D eigenvalue weighted by molar-refractivity contribution is 7.22. The molecule has 2 saturated heterocycles. The number of carbonyl (C=O) groups is 5. The molecule has 27 heteroatoms. The van der Waals surface area contributed by atoms with E-state index >= 15 is 0 Å². The van der Waals surface area contributed by atoms with Crippen LogP contribution in [0.15, 0.2) is 79.0 Å². The van der Waals surface area contributed by atoms with Crippen LogP contribution in [0.3, 0.4) is 0 Å². The van der Waals surface area contributed by atoms with Crippen molar-refractivity contribution in [3.63, 3.8) is 0 Å². The molecular weight excluding hydrogens is 1260 g/mol. The van der Waals surface area contributed by atoms with Crippen LogP contribution in [0.2, 0.25) is 0 Å². The Morgan fingerprint density at radius 1 is 0.865 bits per heavy atom. The lowest BCUT2D eigenvalue weighted by atomic mass is 9.39. The topological polar surface area (TPSA) is 362 Å². The van der Waals surface area contributed by atoms with E-state index in [1.165, 1.54) is 29.5 Å². The van der Waals surface area contributed by atoms with Gasteiger partial charge < -0.3 is 79.9 Å². The summed E-state index contributed by atoms with van der Waals surface area (Å²) in [6, 6.07) is 21.2. The first-order valence-electron chi connectivity index (χ1n) is 33.0. The maximum Gasteiger partial charge on any atom is 0.410 e. The summed E-state index contributed by atoms with van der Waals surface area (Å²) in [6.45, 7) is 10.5. The van der Waals surface area contributed by atoms with Crippen molar-refractivity contribution in [3.05, 3.63) is 113 Å². The summed E-state index contributed by atoms with van der Waals surface area (Å²) < 4.78 is 38.1. The quantitative estimate of drug-likeness (QED) is 0.0180. The highest BCUT2D eigenvalue weighted by atomic mass is 32.1. The fraction of sp³-hybridized carbons (Fsp3) is 0.536. The number of anilines is 2. The number of aromatic nitrogens is 4. The van der Waals surface area contributed by atoms with Crippen molar-refractivity contribution in [2.45, 2.75) is 153 Å². The van der Waals surface area contributed by atoms with Crippen LogP contribution in [-0.4, -0.2) is 180 Å². The Labute approximate surface area is 559 Å². The van der Waals surface area contributed by atoms with Gasteiger partial charge in [0.15, 0.2) is 23.0 Å². The van der Waals surface area contributed by atoms with Crippen LogP contribution in [-0.2, 0) is 54.7 Å². The summed E-state index contributed by atoms with van der Waals surface area (Å²) in [6.07, 6.45) is 3.27. The lowest BCUT2D eigenvalue weighted by molar-refractivity contribution is -0.401. The summed E-state index contributed by atoms with van der Waals surface area (Å²) in [5.41, 5.74) is 10.6. The molecule has 96 heavy (non-hydrogen) atoms. The zero-order valence-electron chi connectivity index (χ0n) is 54.2. The van der Waals surface area contributed by atoms with Crippen molar-refractivity contribution in [3.8, 4) is 22.6 Å². The molecule has 4 saturated carbocycles. The number of aliphatic hydroxyl groups is 3. The van der Waals surface area contributed by atoms with E-state index in [0.29, 0.717) is 111 Å². The molecule has 2 amide bonds. The minimum atomic E-state index is -2.93. The Kier molecular flexibility index (Phi) is 19.8. The lowest BCUT2D eigenvalue weighted by Gasteiger charge is -2.69. The molecule has 514 valence electrons. The summed E-state index contributed by atoms with van der Waals surface area (Å²) >= 11 is 1.41. The third kappa shape index (κ3) is 14.8. The molecule has 7 aliphatic rings. The molecule has 6 heterocycles. The second-order valence-electron chi connectivity index (χ2n) is 27.8. The van der Waals surface area contributed by atoms with Crippen molar-refractivity contribution in [2.24, 2.45) is 27.9 Å². The molecule has 10 N–H and O–H groups in total. The van der Waals surface area contributed by atoms with Crippen molar-refractivity contribution >= 4 is 62.4 Å². The molecule has 13 rings (SSSR count). The summed E-state index contributed by atoms with van der Waals surface area (Å²) in [7, 11) is 0. The second kappa shape index (κ2) is 27.9. The molecular formula is C69H85N9O17S. The van der Waals surface area contributed by atoms with Crippen LogP contribution in [0, 0.1) is 29.1 Å². The number of pyridine rings is 1. The van der Waals surface area contributed by atoms with Crippen LogP contribution in [0.25, 0.3) is 21.3 Å². The first kappa shape index (κ1) is 68.1. The third-order valence-electron chi connectivity index (χ3n) is 20.1. The van der Waals surface area contributed by atoms with Gasteiger partial charge >= 0.3 is 30.0 Å². The van der Waals surface area contributed by atoms with Gasteiger partial charge in [-0.1, -0.05) is 49.4 Å². The molecule has 4 bridgehead atoms. The largest absolute Gasteiger partial charge is 0.491 e. The van der Waals surface area contributed by atoms with Gasteiger partial charge in [-0.3, -0.25) is 19.6 Å². The number of carbonyl (C=O) groups excluding carboxylic acids is 2. The van der Waals surface area contributed by atoms with Gasteiger partial charge in [-0.2, -0.15) is 5.10 Å². The maximum absolute atomic E-state index is 13.8. The van der Waals surface area contributed by atoms with Crippen LogP contribution >= 0.6 is 11.3 Å². The number of aliphatic carboxylic acids is 2. The molecule has 4 aliphatic carbocycles. The number of nitrogens with one attached hydrogen (secondary N) is 2. The van der Waals surface area contributed by atoms with Crippen LogP contribution in [0.1, 0.15) is 128 Å². The zero-order valence-corrected chi connectivity index (χ0v) is 55.0. The Morgan fingerprint density at radius 2 is 1.65 bits per heavy atom. The summed E-state index contributed by atoms with van der Waals surface area (Å²) in [4.78, 5) is 77.3. The first-order chi connectivity index (χ1) is 45.9. The number of hydrogen-bond acceptors (Lipinski definition) is 21. The van der Waals surface area contributed by atoms with E-state index in [4.69, 9.17) is 44.2 Å².